The van der Waals surface area contributed by atoms with E-state index in [9.17, 15) is 18.3 Å². The lowest BCUT2D eigenvalue weighted by atomic mass is 9.87. The van der Waals surface area contributed by atoms with Gasteiger partial charge in [-0.05, 0) is 41.7 Å². The van der Waals surface area contributed by atoms with E-state index in [-0.39, 0.29) is 21.6 Å². The second-order valence-electron chi connectivity index (χ2n) is 6.69. The number of aromatic carboxylic acids is 1. The quantitative estimate of drug-likeness (QED) is 0.881. The van der Waals surface area contributed by atoms with Gasteiger partial charge in [-0.15, -0.1) is 0 Å². The van der Waals surface area contributed by atoms with Gasteiger partial charge in [-0.2, -0.15) is 0 Å². The molecule has 0 fully saturated rings. The molecule has 5 nitrogen and oxygen atoms in total. The van der Waals surface area contributed by atoms with Crippen LogP contribution >= 0.6 is 0 Å². The zero-order valence-electron chi connectivity index (χ0n) is 14.1. The maximum absolute atomic E-state index is 12.8. The number of aryl methyl sites for hydroxylation is 1. The third-order valence-electron chi connectivity index (χ3n) is 3.75. The maximum Gasteiger partial charge on any atom is 0.337 e. The second-order valence-corrected chi connectivity index (χ2v) is 8.34. The second kappa shape index (κ2) is 6.28. The molecule has 2 aromatic rings. The lowest BCUT2D eigenvalue weighted by molar-refractivity contribution is 0.0698. The number of sulfonamides is 1. The first-order valence-corrected chi connectivity index (χ1v) is 8.97. The normalized spacial score (nSPS) is 12.0. The van der Waals surface area contributed by atoms with E-state index in [0.717, 1.165) is 5.56 Å². The molecule has 0 aliphatic heterocycles. The van der Waals surface area contributed by atoms with Crippen LogP contribution in [0.1, 0.15) is 42.3 Å². The van der Waals surface area contributed by atoms with Gasteiger partial charge in [-0.1, -0.05) is 45.0 Å². The first-order chi connectivity index (χ1) is 11.0. The van der Waals surface area contributed by atoms with E-state index in [1.54, 1.807) is 31.2 Å². The van der Waals surface area contributed by atoms with E-state index in [1.165, 1.54) is 12.1 Å². The zero-order chi connectivity index (χ0) is 18.1. The lowest BCUT2D eigenvalue weighted by Gasteiger charge is -2.21. The molecule has 0 aromatic heterocycles. The summed E-state index contributed by atoms with van der Waals surface area (Å²) in [5.74, 6) is -1.19. The van der Waals surface area contributed by atoms with Crippen molar-refractivity contribution >= 4 is 21.7 Å². The molecule has 0 heterocycles. The molecule has 2 rings (SSSR count). The molecule has 6 heteroatoms. The van der Waals surface area contributed by atoms with Crippen LogP contribution in [0.2, 0.25) is 0 Å². The van der Waals surface area contributed by atoms with Crippen LogP contribution in [-0.2, 0) is 15.4 Å². The van der Waals surface area contributed by atoms with E-state index in [2.05, 4.69) is 4.72 Å². The Balaban J connectivity index is 2.51. The van der Waals surface area contributed by atoms with E-state index < -0.39 is 16.0 Å². The van der Waals surface area contributed by atoms with Crippen molar-refractivity contribution in [1.29, 1.82) is 0 Å². The van der Waals surface area contributed by atoms with Crippen molar-refractivity contribution in [3.8, 4) is 0 Å². The molecule has 0 bridgehead atoms. The van der Waals surface area contributed by atoms with Crippen LogP contribution < -0.4 is 4.72 Å². The molecule has 0 saturated carbocycles. The molecule has 0 amide bonds. The van der Waals surface area contributed by atoms with Crippen LogP contribution in [0.3, 0.4) is 0 Å². The Morgan fingerprint density at radius 1 is 1.08 bits per heavy atom. The van der Waals surface area contributed by atoms with Gasteiger partial charge in [0.15, 0.2) is 0 Å². The van der Waals surface area contributed by atoms with Crippen LogP contribution in [0, 0.1) is 6.92 Å². The largest absolute Gasteiger partial charge is 0.478 e. The summed E-state index contributed by atoms with van der Waals surface area (Å²) in [7, 11) is -3.90. The van der Waals surface area contributed by atoms with E-state index in [4.69, 9.17) is 0 Å². The number of carbonyl (C=O) groups is 1. The van der Waals surface area contributed by atoms with Gasteiger partial charge in [0.1, 0.15) is 0 Å². The summed E-state index contributed by atoms with van der Waals surface area (Å²) in [6.45, 7) is 7.72. The highest BCUT2D eigenvalue weighted by atomic mass is 32.2. The maximum atomic E-state index is 12.8. The Bertz CT molecular complexity index is 880. The Morgan fingerprint density at radius 3 is 2.29 bits per heavy atom. The van der Waals surface area contributed by atoms with Crippen molar-refractivity contribution in [2.45, 2.75) is 38.0 Å². The van der Waals surface area contributed by atoms with Gasteiger partial charge in [-0.25, -0.2) is 13.2 Å². The fourth-order valence-corrected chi connectivity index (χ4v) is 3.67. The van der Waals surface area contributed by atoms with Gasteiger partial charge in [-0.3, -0.25) is 4.72 Å². The minimum absolute atomic E-state index is 0.0468. The van der Waals surface area contributed by atoms with Crippen LogP contribution in [0.5, 0.6) is 0 Å². The van der Waals surface area contributed by atoms with Crippen molar-refractivity contribution < 1.29 is 18.3 Å². The predicted molar refractivity (Wildman–Crippen MR) is 94.1 cm³/mol. The number of rotatable bonds is 4. The molecule has 24 heavy (non-hydrogen) atoms. The molecule has 0 aliphatic rings. The van der Waals surface area contributed by atoms with Crippen LogP contribution in [0.4, 0.5) is 5.69 Å². The van der Waals surface area contributed by atoms with Crippen LogP contribution in [0.25, 0.3) is 0 Å². The number of hydrogen-bond donors (Lipinski definition) is 2. The fourth-order valence-electron chi connectivity index (χ4n) is 2.31. The summed E-state index contributed by atoms with van der Waals surface area (Å²) in [6.07, 6.45) is 0. The van der Waals surface area contributed by atoms with E-state index in [1.807, 2.05) is 26.8 Å². The molecular weight excluding hydrogens is 326 g/mol. The minimum atomic E-state index is -3.90. The number of anilines is 1. The van der Waals surface area contributed by atoms with Gasteiger partial charge >= 0.3 is 5.97 Å². The average Bonchev–Trinajstić information content (AvgIpc) is 2.46. The Kier molecular flexibility index (Phi) is 4.71. The number of nitrogens with one attached hydrogen (secondary N) is 1. The third kappa shape index (κ3) is 3.76. The Hall–Kier alpha value is -2.34. The number of carboxylic acid groups (broad SMARTS) is 1. The number of carboxylic acids is 1. The van der Waals surface area contributed by atoms with Gasteiger partial charge < -0.3 is 5.11 Å². The topological polar surface area (TPSA) is 83.5 Å². The molecule has 0 aliphatic carbocycles. The van der Waals surface area contributed by atoms with Gasteiger partial charge in [0, 0.05) is 0 Å². The van der Waals surface area contributed by atoms with E-state index in [0.29, 0.717) is 5.56 Å². The van der Waals surface area contributed by atoms with Gasteiger partial charge in [0.05, 0.1) is 16.1 Å². The summed E-state index contributed by atoms with van der Waals surface area (Å²) in [6, 6.07) is 11.2. The molecule has 2 N–H and O–H groups in total. The summed E-state index contributed by atoms with van der Waals surface area (Å²) < 4.78 is 27.9. The smallest absolute Gasteiger partial charge is 0.337 e. The molecular formula is C18H21NO4S. The molecule has 0 atom stereocenters. The first kappa shape index (κ1) is 18.0. The standard InChI is InChI=1S/C18H21NO4S/c1-12-9-10-13(18(2,3)4)11-16(12)24(22,23)19-15-8-6-5-7-14(15)17(20)21/h5-11,19H,1-4H3,(H,20,21). The average molecular weight is 347 g/mol. The van der Waals surface area contributed by atoms with Crippen molar-refractivity contribution in [1.82, 2.24) is 0 Å². The molecule has 0 unspecified atom stereocenters. The summed E-state index contributed by atoms with van der Waals surface area (Å²) in [4.78, 5) is 11.4. The van der Waals surface area contributed by atoms with E-state index >= 15 is 0 Å². The third-order valence-corrected chi connectivity index (χ3v) is 5.25. The predicted octanol–water partition coefficient (Wildman–Crippen LogP) is 3.79. The highest BCUT2D eigenvalue weighted by Crippen LogP contribution is 2.28. The molecule has 0 spiro atoms. The SMILES string of the molecule is Cc1ccc(C(C)(C)C)cc1S(=O)(=O)Nc1ccccc1C(=O)O. The van der Waals surface area contributed by atoms with Crippen LogP contribution in [-0.4, -0.2) is 19.5 Å². The van der Waals surface area contributed by atoms with Gasteiger partial charge in [0.2, 0.25) is 0 Å². The highest BCUT2D eigenvalue weighted by Gasteiger charge is 2.23. The molecule has 128 valence electrons. The molecule has 2 aromatic carbocycles. The number of para-hydroxylation sites is 1. The van der Waals surface area contributed by atoms with Crippen molar-refractivity contribution in [3.05, 3.63) is 59.2 Å². The Morgan fingerprint density at radius 2 is 1.71 bits per heavy atom. The number of hydrogen-bond acceptors (Lipinski definition) is 3. The van der Waals surface area contributed by atoms with Crippen molar-refractivity contribution in [2.24, 2.45) is 0 Å². The number of benzene rings is 2. The molecule has 0 saturated heterocycles. The summed E-state index contributed by atoms with van der Waals surface area (Å²) >= 11 is 0. The zero-order valence-corrected chi connectivity index (χ0v) is 14.9. The van der Waals surface area contributed by atoms with Crippen molar-refractivity contribution in [3.63, 3.8) is 0 Å². The fraction of sp³-hybridized carbons (Fsp3) is 0.278. The Labute approximate surface area is 142 Å². The van der Waals surface area contributed by atoms with Crippen molar-refractivity contribution in [2.75, 3.05) is 4.72 Å². The first-order valence-electron chi connectivity index (χ1n) is 7.48. The summed E-state index contributed by atoms with van der Waals surface area (Å²) in [5.41, 5.74) is 1.25. The van der Waals surface area contributed by atoms with Gasteiger partial charge in [0.25, 0.3) is 10.0 Å². The van der Waals surface area contributed by atoms with Crippen LogP contribution in [0.15, 0.2) is 47.4 Å². The molecule has 0 radical (unpaired) electrons. The summed E-state index contributed by atoms with van der Waals surface area (Å²) in [5, 5.41) is 9.20. The minimum Gasteiger partial charge on any atom is -0.478 e. The monoisotopic (exact) mass is 347 g/mol. The lowest BCUT2D eigenvalue weighted by Crippen LogP contribution is -2.18. The highest BCUT2D eigenvalue weighted by molar-refractivity contribution is 7.92.